The number of pyridine rings is 1. The normalized spacial score (nSPS) is 29.4. The summed E-state index contributed by atoms with van der Waals surface area (Å²) in [5, 5.41) is 12.2. The molecule has 2 aromatic rings. The molecular weight excluding hydrogens is 364 g/mol. The fourth-order valence-corrected chi connectivity index (χ4v) is 6.02. The van der Waals surface area contributed by atoms with Gasteiger partial charge in [-0.05, 0) is 60.8 Å². The van der Waals surface area contributed by atoms with E-state index in [0.717, 1.165) is 36.0 Å². The third-order valence-electron chi connectivity index (χ3n) is 6.37. The first-order chi connectivity index (χ1) is 12.6. The number of hydrogen-bond acceptors (Lipinski definition) is 4. The van der Waals surface area contributed by atoms with Crippen LogP contribution in [0.1, 0.15) is 36.8 Å². The van der Waals surface area contributed by atoms with Crippen LogP contribution >= 0.6 is 23.4 Å². The summed E-state index contributed by atoms with van der Waals surface area (Å²) in [7, 11) is 0. The molecule has 4 fully saturated rings. The number of halogens is 1. The number of hydrogen-bond donors (Lipinski definition) is 1. The van der Waals surface area contributed by atoms with E-state index in [1.807, 2.05) is 23.9 Å². The molecule has 1 N–H and O–H groups in total. The van der Waals surface area contributed by atoms with Gasteiger partial charge in [-0.1, -0.05) is 23.7 Å². The number of thioether (sulfide) groups is 1. The molecule has 26 heavy (non-hydrogen) atoms. The van der Waals surface area contributed by atoms with Crippen molar-refractivity contribution in [1.82, 2.24) is 4.98 Å². The van der Waals surface area contributed by atoms with E-state index in [1.165, 1.54) is 30.5 Å². The molecule has 0 amide bonds. The van der Waals surface area contributed by atoms with Crippen molar-refractivity contribution in [3.05, 3.63) is 52.7 Å². The van der Waals surface area contributed by atoms with Crippen LogP contribution in [0.4, 0.5) is 5.69 Å². The van der Waals surface area contributed by atoms with E-state index in [1.54, 1.807) is 6.20 Å². The van der Waals surface area contributed by atoms with Gasteiger partial charge in [0, 0.05) is 35.8 Å². The molecule has 1 aliphatic heterocycles. The molecule has 136 valence electrons. The third-order valence-corrected chi connectivity index (χ3v) is 7.80. The molecule has 4 aliphatic rings. The molecule has 1 saturated heterocycles. The lowest BCUT2D eigenvalue weighted by molar-refractivity contribution is -0.0274. The second-order valence-corrected chi connectivity index (χ2v) is 9.81. The molecule has 2 bridgehead atoms. The zero-order chi connectivity index (χ0) is 17.7. The van der Waals surface area contributed by atoms with Crippen molar-refractivity contribution < 1.29 is 5.11 Å². The monoisotopic (exact) mass is 386 g/mol. The summed E-state index contributed by atoms with van der Waals surface area (Å²) < 4.78 is 0. The van der Waals surface area contributed by atoms with Gasteiger partial charge >= 0.3 is 0 Å². The van der Waals surface area contributed by atoms with E-state index in [4.69, 9.17) is 11.6 Å². The molecule has 3 aliphatic carbocycles. The minimum atomic E-state index is 0.121. The van der Waals surface area contributed by atoms with Gasteiger partial charge in [0.2, 0.25) is 0 Å². The molecule has 0 spiro atoms. The molecule has 1 atom stereocenters. The van der Waals surface area contributed by atoms with Crippen LogP contribution in [0.5, 0.6) is 0 Å². The van der Waals surface area contributed by atoms with Crippen molar-refractivity contribution in [3.63, 3.8) is 0 Å². The highest BCUT2D eigenvalue weighted by Gasteiger charge is 2.57. The topological polar surface area (TPSA) is 36.4 Å². The predicted molar refractivity (Wildman–Crippen MR) is 107 cm³/mol. The maximum Gasteiger partial charge on any atom is 0.0964 e. The average molecular weight is 387 g/mol. The Bertz CT molecular complexity index is 808. The van der Waals surface area contributed by atoms with E-state index >= 15 is 0 Å². The summed E-state index contributed by atoms with van der Waals surface area (Å²) in [6.45, 7) is 2.15. The van der Waals surface area contributed by atoms with Crippen LogP contribution < -0.4 is 4.90 Å². The fourth-order valence-electron chi connectivity index (χ4n) is 4.83. The largest absolute Gasteiger partial charge is 0.392 e. The second-order valence-electron chi connectivity index (χ2n) is 8.05. The number of rotatable bonds is 5. The standard InChI is InChI=1S/C21H23ClN2OS/c22-17-2-4-20(23-11-17)26-18-5-6-24(12-18)19-3-1-16(7-15(19)13-25)21-8-14(9-21)10-21/h1-4,7,11,14,18,25H,5-6,8-10,12-13H2/t14?,18-,21?/m0/s1. The van der Waals surface area contributed by atoms with Gasteiger partial charge in [-0.25, -0.2) is 4.98 Å². The molecule has 5 heteroatoms. The van der Waals surface area contributed by atoms with E-state index in [-0.39, 0.29) is 6.61 Å². The van der Waals surface area contributed by atoms with Gasteiger partial charge in [0.15, 0.2) is 0 Å². The van der Waals surface area contributed by atoms with E-state index in [9.17, 15) is 5.11 Å². The molecule has 3 nitrogen and oxygen atoms in total. The molecule has 2 heterocycles. The second kappa shape index (κ2) is 6.43. The van der Waals surface area contributed by atoms with Gasteiger partial charge in [-0.15, -0.1) is 11.8 Å². The lowest BCUT2D eigenvalue weighted by Crippen LogP contribution is -2.55. The van der Waals surface area contributed by atoms with Gasteiger partial charge in [0.05, 0.1) is 16.7 Å². The summed E-state index contributed by atoms with van der Waals surface area (Å²) in [5.41, 5.74) is 4.19. The van der Waals surface area contributed by atoms with Crippen molar-refractivity contribution in [2.24, 2.45) is 5.92 Å². The average Bonchev–Trinajstić information content (AvgIpc) is 3.02. The molecule has 6 rings (SSSR count). The predicted octanol–water partition coefficient (Wildman–Crippen LogP) is 4.65. The number of aromatic nitrogens is 1. The highest BCUT2D eigenvalue weighted by Crippen LogP contribution is 2.65. The smallest absolute Gasteiger partial charge is 0.0964 e. The van der Waals surface area contributed by atoms with E-state index in [0.29, 0.717) is 15.7 Å². The Morgan fingerprint density at radius 1 is 1.23 bits per heavy atom. The van der Waals surface area contributed by atoms with Gasteiger partial charge in [-0.2, -0.15) is 0 Å². The van der Waals surface area contributed by atoms with Gasteiger partial charge in [0.25, 0.3) is 0 Å². The molecule has 1 aromatic heterocycles. The van der Waals surface area contributed by atoms with Crippen LogP contribution in [0, 0.1) is 5.92 Å². The lowest BCUT2D eigenvalue weighted by Gasteiger charge is -2.62. The minimum absolute atomic E-state index is 0.121. The first-order valence-electron chi connectivity index (χ1n) is 9.43. The Morgan fingerprint density at radius 2 is 2.08 bits per heavy atom. The summed E-state index contributed by atoms with van der Waals surface area (Å²) in [6.07, 6.45) is 6.91. The maximum atomic E-state index is 9.95. The van der Waals surface area contributed by atoms with Crippen LogP contribution in [0.15, 0.2) is 41.6 Å². The SMILES string of the molecule is OCc1cc(C23CC(C2)C3)ccc1N1CC[C@H](Sc2ccc(Cl)cn2)C1. The van der Waals surface area contributed by atoms with Gasteiger partial charge in [-0.3, -0.25) is 0 Å². The number of aliphatic hydroxyl groups is 1. The van der Waals surface area contributed by atoms with Crippen molar-refractivity contribution >= 4 is 29.1 Å². The highest BCUT2D eigenvalue weighted by molar-refractivity contribution is 7.99. The first kappa shape index (κ1) is 16.9. The van der Waals surface area contributed by atoms with Crippen LogP contribution in [0.2, 0.25) is 5.02 Å². The Labute approximate surface area is 163 Å². The Hall–Kier alpha value is -1.23. The zero-order valence-corrected chi connectivity index (χ0v) is 16.3. The summed E-state index contributed by atoms with van der Waals surface area (Å²) in [6, 6.07) is 10.7. The van der Waals surface area contributed by atoms with Crippen molar-refractivity contribution in [3.8, 4) is 0 Å². The van der Waals surface area contributed by atoms with Crippen LogP contribution in [0.25, 0.3) is 0 Å². The first-order valence-corrected chi connectivity index (χ1v) is 10.7. The minimum Gasteiger partial charge on any atom is -0.392 e. The van der Waals surface area contributed by atoms with Gasteiger partial charge < -0.3 is 10.0 Å². The molecule has 3 saturated carbocycles. The van der Waals surface area contributed by atoms with Crippen LogP contribution in [0.3, 0.4) is 0 Å². The number of benzene rings is 1. The quantitative estimate of drug-likeness (QED) is 0.811. The molecule has 0 radical (unpaired) electrons. The number of anilines is 1. The maximum absolute atomic E-state index is 9.95. The van der Waals surface area contributed by atoms with Crippen molar-refractivity contribution in [2.75, 3.05) is 18.0 Å². The van der Waals surface area contributed by atoms with Crippen molar-refractivity contribution in [2.45, 2.75) is 48.0 Å². The number of aliphatic hydroxyl groups excluding tert-OH is 1. The molecular formula is C21H23ClN2OS. The summed E-state index contributed by atoms with van der Waals surface area (Å²) in [4.78, 5) is 6.83. The van der Waals surface area contributed by atoms with Gasteiger partial charge in [0.1, 0.15) is 0 Å². The van der Waals surface area contributed by atoms with Crippen molar-refractivity contribution in [1.29, 1.82) is 0 Å². The summed E-state index contributed by atoms with van der Waals surface area (Å²) >= 11 is 7.75. The summed E-state index contributed by atoms with van der Waals surface area (Å²) in [5.74, 6) is 0.977. The highest BCUT2D eigenvalue weighted by atomic mass is 35.5. The zero-order valence-electron chi connectivity index (χ0n) is 14.7. The Morgan fingerprint density at radius 3 is 2.73 bits per heavy atom. The van der Waals surface area contributed by atoms with E-state index < -0.39 is 0 Å². The third kappa shape index (κ3) is 2.83. The van der Waals surface area contributed by atoms with E-state index in [2.05, 4.69) is 28.1 Å². The molecule has 1 aromatic carbocycles. The number of nitrogens with zero attached hydrogens (tertiary/aromatic N) is 2. The molecule has 0 unspecified atom stereocenters. The Balaban J connectivity index is 1.30. The Kier molecular flexibility index (Phi) is 4.18. The fraction of sp³-hybridized carbons (Fsp3) is 0.476. The van der Waals surface area contributed by atoms with Crippen LogP contribution in [-0.4, -0.2) is 28.4 Å². The lowest BCUT2D eigenvalue weighted by atomic mass is 9.42. The van der Waals surface area contributed by atoms with Crippen LogP contribution in [-0.2, 0) is 12.0 Å².